The fraction of sp³-hybridized carbons (Fsp3) is 0.214. The molecule has 0 bridgehead atoms. The highest BCUT2D eigenvalue weighted by molar-refractivity contribution is 5.96. The number of ketones is 1. The lowest BCUT2D eigenvalue weighted by Crippen LogP contribution is -2.49. The number of piperazine rings is 1. The van der Waals surface area contributed by atoms with Crippen LogP contribution in [0.1, 0.15) is 28.9 Å². The Labute approximate surface area is 198 Å². The monoisotopic (exact) mass is 453 g/mol. The molecule has 34 heavy (non-hydrogen) atoms. The van der Waals surface area contributed by atoms with Crippen molar-refractivity contribution in [3.8, 4) is 11.3 Å². The van der Waals surface area contributed by atoms with Gasteiger partial charge in [0.25, 0.3) is 0 Å². The first-order chi connectivity index (χ1) is 16.5. The molecule has 172 valence electrons. The Morgan fingerprint density at radius 3 is 2.15 bits per heavy atom. The molecule has 0 saturated carbocycles. The predicted octanol–water partition coefficient (Wildman–Crippen LogP) is 4.99. The molecule has 6 heteroatoms. The summed E-state index contributed by atoms with van der Waals surface area (Å²) in [6.45, 7) is 4.24. The Kier molecular flexibility index (Phi) is 5.90. The van der Waals surface area contributed by atoms with Gasteiger partial charge < -0.3 is 15.0 Å². The molecule has 0 spiro atoms. The van der Waals surface area contributed by atoms with Crippen LogP contribution in [0.5, 0.6) is 0 Å². The van der Waals surface area contributed by atoms with E-state index in [9.17, 15) is 14.7 Å². The molecule has 1 fully saturated rings. The fourth-order valence-electron chi connectivity index (χ4n) is 4.89. The number of carboxylic acid groups (broad SMARTS) is 1. The summed E-state index contributed by atoms with van der Waals surface area (Å²) >= 11 is 0. The van der Waals surface area contributed by atoms with Crippen LogP contribution in [0.3, 0.4) is 0 Å². The van der Waals surface area contributed by atoms with Crippen molar-refractivity contribution in [1.29, 1.82) is 0 Å². The quantitative estimate of drug-likeness (QED) is 0.403. The van der Waals surface area contributed by atoms with Crippen LogP contribution in [0.2, 0.25) is 0 Å². The highest BCUT2D eigenvalue weighted by Gasteiger charge is 2.34. The van der Waals surface area contributed by atoms with Gasteiger partial charge in [0, 0.05) is 53.9 Å². The molecule has 3 aromatic carbocycles. The number of benzene rings is 3. The Hall–Kier alpha value is -3.90. The number of nitrogens with one attached hydrogen (secondary N) is 1. The van der Waals surface area contributed by atoms with Crippen LogP contribution in [-0.4, -0.2) is 52.9 Å². The van der Waals surface area contributed by atoms with Crippen molar-refractivity contribution < 1.29 is 14.7 Å². The number of aliphatic carboxylic acids is 1. The molecule has 1 atom stereocenters. The number of H-pyrrole nitrogens is 1. The third-order valence-electron chi connectivity index (χ3n) is 6.63. The maximum atomic E-state index is 12.7. The van der Waals surface area contributed by atoms with Crippen molar-refractivity contribution >= 4 is 28.3 Å². The number of aromatic amines is 1. The first-order valence-electron chi connectivity index (χ1n) is 11.5. The minimum absolute atomic E-state index is 0.0496. The lowest BCUT2D eigenvalue weighted by Gasteiger charge is -2.39. The van der Waals surface area contributed by atoms with Crippen LogP contribution < -0.4 is 4.90 Å². The highest BCUT2D eigenvalue weighted by Crippen LogP contribution is 2.38. The minimum Gasteiger partial charge on any atom is -0.480 e. The van der Waals surface area contributed by atoms with E-state index in [2.05, 4.69) is 14.8 Å². The first-order valence-corrected chi connectivity index (χ1v) is 11.5. The van der Waals surface area contributed by atoms with E-state index in [1.54, 1.807) is 6.92 Å². The zero-order valence-electron chi connectivity index (χ0n) is 19.1. The Balaban J connectivity index is 1.46. The van der Waals surface area contributed by atoms with Gasteiger partial charge in [0.1, 0.15) is 6.04 Å². The summed E-state index contributed by atoms with van der Waals surface area (Å²) in [5, 5.41) is 11.3. The van der Waals surface area contributed by atoms with E-state index >= 15 is 0 Å². The molecule has 2 N–H and O–H groups in total. The van der Waals surface area contributed by atoms with Gasteiger partial charge in [-0.1, -0.05) is 48.5 Å². The molecule has 1 saturated heterocycles. The molecule has 1 aromatic heterocycles. The van der Waals surface area contributed by atoms with E-state index in [-0.39, 0.29) is 5.78 Å². The number of Topliss-reactive ketones (excluding diaryl/α,β-unsaturated/α-hetero) is 1. The summed E-state index contributed by atoms with van der Waals surface area (Å²) in [6.07, 6.45) is 0. The van der Waals surface area contributed by atoms with E-state index in [0.717, 1.165) is 33.4 Å². The number of fused-ring (bicyclic) bond motifs is 1. The molecule has 1 aliphatic heterocycles. The molecule has 1 unspecified atom stereocenters. The number of carbonyl (C=O) groups is 2. The number of anilines is 1. The van der Waals surface area contributed by atoms with Gasteiger partial charge in [0.2, 0.25) is 0 Å². The molecular formula is C28H27N3O3. The van der Waals surface area contributed by atoms with Crippen LogP contribution in [0, 0.1) is 0 Å². The van der Waals surface area contributed by atoms with Gasteiger partial charge in [0.15, 0.2) is 5.78 Å². The van der Waals surface area contributed by atoms with Crippen molar-refractivity contribution in [1.82, 2.24) is 9.88 Å². The normalized spacial score (nSPS) is 15.4. The molecule has 1 aliphatic rings. The number of rotatable bonds is 6. The molecule has 6 nitrogen and oxygen atoms in total. The summed E-state index contributed by atoms with van der Waals surface area (Å²) < 4.78 is 0. The number of aromatic nitrogens is 1. The topological polar surface area (TPSA) is 76.6 Å². The largest absolute Gasteiger partial charge is 0.480 e. The lowest BCUT2D eigenvalue weighted by molar-refractivity contribution is -0.143. The second kappa shape index (κ2) is 9.15. The second-order valence-electron chi connectivity index (χ2n) is 8.69. The van der Waals surface area contributed by atoms with Crippen molar-refractivity contribution in [2.24, 2.45) is 0 Å². The number of hydrogen-bond donors (Lipinski definition) is 2. The van der Waals surface area contributed by atoms with Gasteiger partial charge in [0.05, 0.1) is 5.69 Å². The molecular weight excluding hydrogens is 426 g/mol. The lowest BCUT2D eigenvalue weighted by atomic mass is 9.97. The SMILES string of the molecule is CC(=O)c1ccc(N2CCN(C(C(=O)O)c3c(-c4ccccc4)[nH]c4ccccc34)CC2)cc1. The van der Waals surface area contributed by atoms with E-state index in [4.69, 9.17) is 0 Å². The van der Waals surface area contributed by atoms with E-state index in [1.165, 1.54) is 0 Å². The fourth-order valence-corrected chi connectivity index (χ4v) is 4.89. The third kappa shape index (κ3) is 4.08. The molecule has 2 heterocycles. The Bertz CT molecular complexity index is 1320. The van der Waals surface area contributed by atoms with Crippen LogP contribution in [0.25, 0.3) is 22.2 Å². The number of hydrogen-bond acceptors (Lipinski definition) is 4. The smallest absolute Gasteiger partial charge is 0.325 e. The van der Waals surface area contributed by atoms with Crippen molar-refractivity contribution in [3.05, 3.63) is 90.0 Å². The van der Waals surface area contributed by atoms with Crippen molar-refractivity contribution in [2.45, 2.75) is 13.0 Å². The number of nitrogens with zero attached hydrogens (tertiary/aromatic N) is 2. The van der Waals surface area contributed by atoms with Crippen LogP contribution >= 0.6 is 0 Å². The van der Waals surface area contributed by atoms with Crippen molar-refractivity contribution in [3.63, 3.8) is 0 Å². The van der Waals surface area contributed by atoms with Crippen LogP contribution in [0.15, 0.2) is 78.9 Å². The number of para-hydroxylation sites is 1. The maximum Gasteiger partial charge on any atom is 0.325 e. The summed E-state index contributed by atoms with van der Waals surface area (Å²) in [6, 6.07) is 24.7. The van der Waals surface area contributed by atoms with E-state index < -0.39 is 12.0 Å². The van der Waals surface area contributed by atoms with E-state index in [1.807, 2.05) is 78.9 Å². The first kappa shape index (κ1) is 21.9. The summed E-state index contributed by atoms with van der Waals surface area (Å²) in [5.41, 5.74) is 5.33. The average molecular weight is 454 g/mol. The van der Waals surface area contributed by atoms with Gasteiger partial charge in [-0.05, 0) is 42.8 Å². The molecule has 0 amide bonds. The zero-order chi connectivity index (χ0) is 23.7. The summed E-state index contributed by atoms with van der Waals surface area (Å²) in [5.74, 6) is -0.796. The highest BCUT2D eigenvalue weighted by atomic mass is 16.4. The summed E-state index contributed by atoms with van der Waals surface area (Å²) in [7, 11) is 0. The number of carbonyl (C=O) groups excluding carboxylic acids is 1. The number of carboxylic acids is 1. The van der Waals surface area contributed by atoms with Crippen LogP contribution in [0.4, 0.5) is 5.69 Å². The van der Waals surface area contributed by atoms with Gasteiger partial charge in [-0.25, -0.2) is 0 Å². The van der Waals surface area contributed by atoms with Crippen molar-refractivity contribution in [2.75, 3.05) is 31.1 Å². The predicted molar refractivity (Wildman–Crippen MR) is 134 cm³/mol. The van der Waals surface area contributed by atoms with Gasteiger partial charge >= 0.3 is 5.97 Å². The standard InChI is InChI=1S/C28H27N3O3/c1-19(32)20-11-13-22(14-12-20)30-15-17-31(18-16-30)27(28(33)34)25-23-9-5-6-10-24(23)29-26(25)21-7-3-2-4-8-21/h2-14,27,29H,15-18H2,1H3,(H,33,34). The van der Waals surface area contributed by atoms with Gasteiger partial charge in [-0.15, -0.1) is 0 Å². The van der Waals surface area contributed by atoms with Crippen LogP contribution in [-0.2, 0) is 4.79 Å². The molecule has 0 radical (unpaired) electrons. The molecule has 4 aromatic rings. The molecule has 0 aliphatic carbocycles. The maximum absolute atomic E-state index is 12.7. The Morgan fingerprint density at radius 1 is 0.853 bits per heavy atom. The third-order valence-corrected chi connectivity index (χ3v) is 6.63. The van der Waals surface area contributed by atoms with E-state index in [0.29, 0.717) is 31.7 Å². The zero-order valence-corrected chi connectivity index (χ0v) is 19.1. The minimum atomic E-state index is -0.846. The van der Waals surface area contributed by atoms with Gasteiger partial charge in [-0.2, -0.15) is 0 Å². The average Bonchev–Trinajstić information content (AvgIpc) is 3.24. The summed E-state index contributed by atoms with van der Waals surface area (Å²) in [4.78, 5) is 32.0. The Morgan fingerprint density at radius 2 is 1.50 bits per heavy atom. The van der Waals surface area contributed by atoms with Gasteiger partial charge in [-0.3, -0.25) is 14.5 Å². The molecule has 5 rings (SSSR count). The second-order valence-corrected chi connectivity index (χ2v) is 8.69.